The molecule has 0 saturated heterocycles. The van der Waals surface area contributed by atoms with Crippen molar-refractivity contribution >= 4 is 15.8 Å². The van der Waals surface area contributed by atoms with Gasteiger partial charge in [0.15, 0.2) is 5.78 Å². The Bertz CT molecular complexity index is 1940. The smallest absolute Gasteiger partial charge is 0.406 e. The number of ketones is 1. The van der Waals surface area contributed by atoms with Crippen LogP contribution in [0.1, 0.15) is 96.5 Å². The summed E-state index contributed by atoms with van der Waals surface area (Å²) < 4.78 is 111. The van der Waals surface area contributed by atoms with Crippen molar-refractivity contribution in [2.75, 3.05) is 12.8 Å². The zero-order valence-electron chi connectivity index (χ0n) is 29.6. The van der Waals surface area contributed by atoms with E-state index in [1.54, 1.807) is 18.2 Å². The lowest BCUT2D eigenvalue weighted by molar-refractivity contribution is -0.274. The Balaban J connectivity index is 1.57. The summed E-state index contributed by atoms with van der Waals surface area (Å²) in [6, 6.07) is 14.0. The van der Waals surface area contributed by atoms with E-state index in [-0.39, 0.29) is 37.1 Å². The quantitative estimate of drug-likeness (QED) is 0.136. The van der Waals surface area contributed by atoms with Gasteiger partial charge in [-0.1, -0.05) is 55.0 Å². The highest BCUT2D eigenvalue weighted by molar-refractivity contribution is 7.88. The number of carbonyl (C=O) groups excluding carboxylic acids is 1. The van der Waals surface area contributed by atoms with Crippen molar-refractivity contribution in [3.05, 3.63) is 112 Å². The lowest BCUT2D eigenvalue weighted by atomic mass is 9.64. The average molecular weight is 768 g/mol. The number of rotatable bonds is 8. The number of aliphatic hydroxyl groups excluding tert-OH is 1. The third-order valence-electron chi connectivity index (χ3n) is 10.8. The third-order valence-corrected chi connectivity index (χ3v) is 12.0. The van der Waals surface area contributed by atoms with Crippen molar-refractivity contribution in [1.29, 1.82) is 0 Å². The predicted octanol–water partition coefficient (Wildman–Crippen LogP) is 8.34. The molecule has 1 fully saturated rings. The first-order chi connectivity index (χ1) is 24.6. The molecular formula is C39H43F6NO6S. The minimum atomic E-state index is -4.91. The van der Waals surface area contributed by atoms with E-state index in [2.05, 4.69) is 4.74 Å². The van der Waals surface area contributed by atoms with Crippen LogP contribution in [0.3, 0.4) is 0 Å². The van der Waals surface area contributed by atoms with Crippen LogP contribution >= 0.6 is 0 Å². The molecule has 0 radical (unpaired) electrons. The first-order valence-corrected chi connectivity index (χ1v) is 19.1. The molecule has 0 unspecified atom stereocenters. The van der Waals surface area contributed by atoms with Crippen LogP contribution in [0.25, 0.3) is 0 Å². The minimum absolute atomic E-state index is 0.110. The highest BCUT2D eigenvalue weighted by Gasteiger charge is 2.58. The Hall–Kier alpha value is -3.72. The van der Waals surface area contributed by atoms with E-state index in [9.17, 15) is 49.8 Å². The van der Waals surface area contributed by atoms with Crippen LogP contribution in [0.4, 0.5) is 26.3 Å². The second-order valence-electron chi connectivity index (χ2n) is 14.6. The van der Waals surface area contributed by atoms with E-state index in [4.69, 9.17) is 0 Å². The molecule has 4 atom stereocenters. The number of hydrogen-bond acceptors (Lipinski definition) is 6. The average Bonchev–Trinajstić information content (AvgIpc) is 3.31. The van der Waals surface area contributed by atoms with Crippen LogP contribution in [-0.2, 0) is 29.2 Å². The lowest BCUT2D eigenvalue weighted by Gasteiger charge is -2.45. The first kappa shape index (κ1) is 40.5. The van der Waals surface area contributed by atoms with Crippen LogP contribution in [0, 0.1) is 5.41 Å². The first-order valence-electron chi connectivity index (χ1n) is 17.3. The van der Waals surface area contributed by atoms with Crippen molar-refractivity contribution in [1.82, 2.24) is 4.31 Å². The van der Waals surface area contributed by atoms with Crippen LogP contribution in [0.2, 0.25) is 0 Å². The van der Waals surface area contributed by atoms with Crippen LogP contribution < -0.4 is 4.74 Å². The van der Waals surface area contributed by atoms with Gasteiger partial charge in [-0.2, -0.15) is 17.5 Å². The van der Waals surface area contributed by atoms with Gasteiger partial charge in [-0.15, -0.1) is 13.2 Å². The molecule has 0 spiro atoms. The molecule has 6 rings (SSSR count). The number of hydrogen-bond donors (Lipinski definition) is 2. The molecule has 3 aromatic carbocycles. The zero-order chi connectivity index (χ0) is 39.0. The Morgan fingerprint density at radius 1 is 0.981 bits per heavy atom. The molecule has 14 heteroatoms. The standard InChI is InChI=1S/C39H43F6NO6S/c1-25-6-5-18-36(2)34(17-19-37(36,49)24-46(53(3,50)51)23-26-10-14-31(15-11-26)52-39(43,44)45)32-16-12-27(20-30(47)13-9-25)21-33(32)35(48)28-7-4-8-29(22-28)38(40,41)42/h4,6-8,10-12,14-16,21-22,30,34,47,49H,5,9,13,17-20,23-24H2,1-3H3/t30-,34-,36-,37+/m0/s1. The molecule has 7 nitrogen and oxygen atoms in total. The fourth-order valence-electron chi connectivity index (χ4n) is 7.77. The van der Waals surface area contributed by atoms with Gasteiger partial charge in [0.05, 0.1) is 23.5 Å². The Kier molecular flexibility index (Phi) is 11.6. The Morgan fingerprint density at radius 3 is 2.32 bits per heavy atom. The molecule has 0 heterocycles. The number of allylic oxidation sites excluding steroid dienone is 2. The van der Waals surface area contributed by atoms with E-state index in [1.165, 1.54) is 24.3 Å². The summed E-state index contributed by atoms with van der Waals surface area (Å²) in [5.74, 6) is -1.68. The highest BCUT2D eigenvalue weighted by Crippen LogP contribution is 2.59. The lowest BCUT2D eigenvalue weighted by Crippen LogP contribution is -2.53. The maximum Gasteiger partial charge on any atom is 0.573 e. The van der Waals surface area contributed by atoms with Crippen molar-refractivity contribution in [3.63, 3.8) is 0 Å². The van der Waals surface area contributed by atoms with Gasteiger partial charge >= 0.3 is 12.5 Å². The van der Waals surface area contributed by atoms with Gasteiger partial charge in [-0.05, 0) is 105 Å². The number of nitrogens with zero attached hydrogens (tertiary/aromatic N) is 1. The predicted molar refractivity (Wildman–Crippen MR) is 187 cm³/mol. The van der Waals surface area contributed by atoms with Crippen molar-refractivity contribution in [3.8, 4) is 5.75 Å². The second-order valence-corrected chi connectivity index (χ2v) is 16.6. The number of ether oxygens (including phenoxy) is 1. The SMILES string of the molecule is CC1=CCC[C@@]2(C)[C@@H](CC[C@@]2(O)CN(Cc2ccc(OC(F)(F)F)cc2)S(C)(=O)=O)c2ccc(cc2C(=O)c2cccc(C(F)(F)F)c2)C[C@@H](O)CC1. The number of halogens is 6. The monoisotopic (exact) mass is 767 g/mol. The van der Waals surface area contributed by atoms with Crippen LogP contribution in [0.5, 0.6) is 5.75 Å². The molecular weight excluding hydrogens is 724 g/mol. The fraction of sp³-hybridized carbons (Fsp3) is 0.462. The van der Waals surface area contributed by atoms with Gasteiger partial charge < -0.3 is 14.9 Å². The number of sulfonamides is 1. The fourth-order valence-corrected chi connectivity index (χ4v) is 8.60. The summed E-state index contributed by atoms with van der Waals surface area (Å²) in [4.78, 5) is 14.2. The van der Waals surface area contributed by atoms with Gasteiger partial charge in [0, 0.05) is 29.6 Å². The molecule has 53 heavy (non-hydrogen) atoms. The molecule has 0 aliphatic heterocycles. The van der Waals surface area contributed by atoms with E-state index in [1.807, 2.05) is 19.9 Å². The van der Waals surface area contributed by atoms with E-state index in [0.717, 1.165) is 40.4 Å². The Morgan fingerprint density at radius 2 is 1.68 bits per heavy atom. The summed E-state index contributed by atoms with van der Waals surface area (Å²) in [6.45, 7) is 3.14. The second kappa shape index (κ2) is 15.2. The summed E-state index contributed by atoms with van der Waals surface area (Å²) in [7, 11) is -4.00. The number of aliphatic hydroxyl groups is 2. The zero-order valence-corrected chi connectivity index (χ0v) is 30.4. The molecule has 3 aliphatic rings. The van der Waals surface area contributed by atoms with Crippen LogP contribution in [0.15, 0.2) is 78.4 Å². The van der Waals surface area contributed by atoms with E-state index in [0.29, 0.717) is 48.8 Å². The van der Waals surface area contributed by atoms with E-state index >= 15 is 0 Å². The largest absolute Gasteiger partial charge is 0.573 e. The summed E-state index contributed by atoms with van der Waals surface area (Å²) in [6.07, 6.45) is -4.91. The Labute approximate surface area is 305 Å². The minimum Gasteiger partial charge on any atom is -0.406 e. The van der Waals surface area contributed by atoms with Gasteiger partial charge in [0.1, 0.15) is 5.75 Å². The number of fused-ring (bicyclic) bond motifs is 8. The molecule has 288 valence electrons. The normalized spacial score (nSPS) is 24.4. The summed E-state index contributed by atoms with van der Waals surface area (Å²) in [5, 5.41) is 23.5. The van der Waals surface area contributed by atoms with Gasteiger partial charge in [-0.25, -0.2) is 8.42 Å². The molecule has 3 aromatic rings. The number of alkyl halides is 6. The molecule has 0 amide bonds. The summed E-state index contributed by atoms with van der Waals surface area (Å²) >= 11 is 0. The highest BCUT2D eigenvalue weighted by atomic mass is 32.2. The number of benzene rings is 3. The van der Waals surface area contributed by atoms with Gasteiger partial charge in [-0.3, -0.25) is 4.79 Å². The van der Waals surface area contributed by atoms with E-state index < -0.39 is 62.7 Å². The molecule has 3 aliphatic carbocycles. The molecule has 2 bridgehead atoms. The number of carbonyl (C=O) groups is 1. The maximum absolute atomic E-state index is 14.2. The third kappa shape index (κ3) is 9.51. The summed E-state index contributed by atoms with van der Waals surface area (Å²) in [5.41, 5.74) is -1.30. The molecule has 0 aromatic heterocycles. The topological polar surface area (TPSA) is 104 Å². The maximum atomic E-state index is 14.2. The van der Waals surface area contributed by atoms with Gasteiger partial charge in [0.25, 0.3) is 0 Å². The van der Waals surface area contributed by atoms with Crippen molar-refractivity contribution in [2.24, 2.45) is 5.41 Å². The van der Waals surface area contributed by atoms with Crippen molar-refractivity contribution in [2.45, 2.75) is 95.5 Å². The van der Waals surface area contributed by atoms with Gasteiger partial charge in [0.2, 0.25) is 10.0 Å². The molecule has 2 N–H and O–H groups in total. The molecule has 1 saturated carbocycles. The van der Waals surface area contributed by atoms with Crippen molar-refractivity contribution < 1.29 is 54.5 Å². The van der Waals surface area contributed by atoms with Crippen LogP contribution in [-0.4, -0.2) is 59.6 Å².